The van der Waals surface area contributed by atoms with Gasteiger partial charge in [0.15, 0.2) is 0 Å². The Morgan fingerprint density at radius 1 is 1.47 bits per heavy atom. The topological polar surface area (TPSA) is 55.0 Å². The molecular weight excluding hydrogens is 188 g/mol. The zero-order chi connectivity index (χ0) is 10.7. The fourth-order valence-electron chi connectivity index (χ4n) is 2.14. The van der Waals surface area contributed by atoms with Crippen LogP contribution in [-0.2, 0) is 0 Å². The molecule has 0 aliphatic carbocycles. The van der Waals surface area contributed by atoms with Crippen LogP contribution in [0.3, 0.4) is 0 Å². The van der Waals surface area contributed by atoms with Crippen molar-refractivity contribution in [3.05, 3.63) is 18.1 Å². The molecule has 82 valence electrons. The first-order valence-corrected chi connectivity index (χ1v) is 5.56. The molecule has 1 aliphatic heterocycles. The molecule has 0 bridgehead atoms. The minimum Gasteiger partial charge on any atom is -0.352 e. The molecule has 1 unspecified atom stereocenters. The smallest absolute Gasteiger partial charge is 0.132 e. The average Bonchev–Trinajstić information content (AvgIpc) is 2.29. The van der Waals surface area contributed by atoms with Crippen LogP contribution in [0.4, 0.5) is 5.82 Å². The Bertz CT molecular complexity index is 326. The predicted octanol–water partition coefficient (Wildman–Crippen LogP) is 1.10. The first-order valence-electron chi connectivity index (χ1n) is 5.56. The van der Waals surface area contributed by atoms with Gasteiger partial charge in [0.1, 0.15) is 12.1 Å². The van der Waals surface area contributed by atoms with Gasteiger partial charge in [0, 0.05) is 30.9 Å². The summed E-state index contributed by atoms with van der Waals surface area (Å²) in [5, 5.41) is 0. The van der Waals surface area contributed by atoms with E-state index in [2.05, 4.69) is 14.9 Å². The highest BCUT2D eigenvalue weighted by atomic mass is 15.2. The lowest BCUT2D eigenvalue weighted by Gasteiger charge is -2.35. The van der Waals surface area contributed by atoms with E-state index in [1.165, 1.54) is 19.3 Å². The number of hydrogen-bond donors (Lipinski definition) is 1. The molecule has 4 nitrogen and oxygen atoms in total. The zero-order valence-electron chi connectivity index (χ0n) is 9.19. The van der Waals surface area contributed by atoms with Crippen LogP contribution in [0.1, 0.15) is 25.0 Å². The second-order valence-electron chi connectivity index (χ2n) is 4.10. The summed E-state index contributed by atoms with van der Waals surface area (Å²) < 4.78 is 0. The Morgan fingerprint density at radius 3 is 3.07 bits per heavy atom. The van der Waals surface area contributed by atoms with Crippen molar-refractivity contribution in [2.24, 2.45) is 5.73 Å². The van der Waals surface area contributed by atoms with Gasteiger partial charge in [-0.25, -0.2) is 9.97 Å². The molecule has 1 aromatic heterocycles. The fourth-order valence-corrected chi connectivity index (χ4v) is 2.14. The third-order valence-corrected chi connectivity index (χ3v) is 2.98. The summed E-state index contributed by atoms with van der Waals surface area (Å²) in [6.07, 6.45) is 5.33. The van der Waals surface area contributed by atoms with Crippen molar-refractivity contribution in [2.75, 3.05) is 18.0 Å². The van der Waals surface area contributed by atoms with E-state index in [0.717, 1.165) is 18.1 Å². The van der Waals surface area contributed by atoms with E-state index < -0.39 is 0 Å². The molecule has 0 saturated carbocycles. The maximum atomic E-state index is 5.78. The number of aromatic nitrogens is 2. The molecule has 2 N–H and O–H groups in total. The quantitative estimate of drug-likeness (QED) is 0.787. The second kappa shape index (κ2) is 4.57. The Hall–Kier alpha value is -1.16. The number of rotatable bonds is 2. The fraction of sp³-hybridized carbons (Fsp3) is 0.636. The van der Waals surface area contributed by atoms with E-state index in [0.29, 0.717) is 12.6 Å². The van der Waals surface area contributed by atoms with Gasteiger partial charge >= 0.3 is 0 Å². The van der Waals surface area contributed by atoms with Crippen molar-refractivity contribution in [3.8, 4) is 0 Å². The third-order valence-electron chi connectivity index (χ3n) is 2.98. The molecule has 1 atom stereocenters. The molecule has 1 saturated heterocycles. The maximum absolute atomic E-state index is 5.78. The highest BCUT2D eigenvalue weighted by Crippen LogP contribution is 2.22. The van der Waals surface area contributed by atoms with Crippen LogP contribution in [-0.4, -0.2) is 29.1 Å². The molecule has 4 heteroatoms. The van der Waals surface area contributed by atoms with Crippen molar-refractivity contribution in [2.45, 2.75) is 32.2 Å². The SMILES string of the molecule is Cc1cc(N2CCCCC2CN)ncn1. The van der Waals surface area contributed by atoms with Crippen molar-refractivity contribution in [3.63, 3.8) is 0 Å². The molecule has 0 spiro atoms. The number of hydrogen-bond acceptors (Lipinski definition) is 4. The normalized spacial score (nSPS) is 21.7. The van der Waals surface area contributed by atoms with Crippen molar-refractivity contribution >= 4 is 5.82 Å². The number of nitrogens with two attached hydrogens (primary N) is 1. The standard InChI is InChI=1S/C11H18N4/c1-9-6-11(14-8-13-9)15-5-3-2-4-10(15)7-12/h6,8,10H,2-5,7,12H2,1H3. The van der Waals surface area contributed by atoms with E-state index >= 15 is 0 Å². The number of anilines is 1. The van der Waals surface area contributed by atoms with Gasteiger partial charge in [-0.15, -0.1) is 0 Å². The summed E-state index contributed by atoms with van der Waals surface area (Å²) >= 11 is 0. The molecule has 1 fully saturated rings. The molecule has 0 aromatic carbocycles. The van der Waals surface area contributed by atoms with Gasteiger partial charge in [0.05, 0.1) is 0 Å². The molecule has 15 heavy (non-hydrogen) atoms. The van der Waals surface area contributed by atoms with Crippen LogP contribution in [0.15, 0.2) is 12.4 Å². The van der Waals surface area contributed by atoms with E-state index in [9.17, 15) is 0 Å². The van der Waals surface area contributed by atoms with E-state index in [4.69, 9.17) is 5.73 Å². The molecule has 1 aliphatic rings. The first kappa shape index (κ1) is 10.4. The van der Waals surface area contributed by atoms with E-state index in [1.807, 2.05) is 13.0 Å². The summed E-state index contributed by atoms with van der Waals surface area (Å²) in [6.45, 7) is 3.77. The molecule has 0 radical (unpaired) electrons. The second-order valence-corrected chi connectivity index (χ2v) is 4.10. The molecule has 1 aromatic rings. The lowest BCUT2D eigenvalue weighted by Crippen LogP contribution is -2.44. The molecular formula is C11H18N4. The summed E-state index contributed by atoms with van der Waals surface area (Å²) in [5.74, 6) is 1.03. The van der Waals surface area contributed by atoms with Crippen LogP contribution in [0.2, 0.25) is 0 Å². The van der Waals surface area contributed by atoms with Crippen molar-refractivity contribution < 1.29 is 0 Å². The number of aryl methyl sites for hydroxylation is 1. The van der Waals surface area contributed by atoms with E-state index in [-0.39, 0.29) is 0 Å². The number of piperidine rings is 1. The highest BCUT2D eigenvalue weighted by Gasteiger charge is 2.22. The number of nitrogens with zero attached hydrogens (tertiary/aromatic N) is 3. The monoisotopic (exact) mass is 206 g/mol. The van der Waals surface area contributed by atoms with Gasteiger partial charge in [-0.05, 0) is 26.2 Å². The maximum Gasteiger partial charge on any atom is 0.132 e. The van der Waals surface area contributed by atoms with Crippen LogP contribution in [0, 0.1) is 6.92 Å². The molecule has 2 rings (SSSR count). The van der Waals surface area contributed by atoms with E-state index in [1.54, 1.807) is 6.33 Å². The van der Waals surface area contributed by atoms with Gasteiger partial charge in [0.2, 0.25) is 0 Å². The molecule has 2 heterocycles. The summed E-state index contributed by atoms with van der Waals surface area (Å²) in [4.78, 5) is 10.8. The predicted molar refractivity (Wildman–Crippen MR) is 60.8 cm³/mol. The summed E-state index contributed by atoms with van der Waals surface area (Å²) in [7, 11) is 0. The first-order chi connectivity index (χ1) is 7.31. The highest BCUT2D eigenvalue weighted by molar-refractivity contribution is 5.40. The minimum absolute atomic E-state index is 0.452. The van der Waals surface area contributed by atoms with Gasteiger partial charge in [-0.3, -0.25) is 0 Å². The van der Waals surface area contributed by atoms with Gasteiger partial charge < -0.3 is 10.6 Å². The summed E-state index contributed by atoms with van der Waals surface area (Å²) in [5.41, 5.74) is 6.80. The van der Waals surface area contributed by atoms with Crippen LogP contribution >= 0.6 is 0 Å². The van der Waals surface area contributed by atoms with Crippen molar-refractivity contribution in [1.82, 2.24) is 9.97 Å². The Labute approximate surface area is 90.5 Å². The zero-order valence-corrected chi connectivity index (χ0v) is 9.19. The lowest BCUT2D eigenvalue weighted by molar-refractivity contribution is 0.461. The average molecular weight is 206 g/mol. The van der Waals surface area contributed by atoms with Gasteiger partial charge in [0.25, 0.3) is 0 Å². The molecule has 0 amide bonds. The van der Waals surface area contributed by atoms with Crippen LogP contribution < -0.4 is 10.6 Å². The Morgan fingerprint density at radius 2 is 2.33 bits per heavy atom. The van der Waals surface area contributed by atoms with Gasteiger partial charge in [-0.2, -0.15) is 0 Å². The minimum atomic E-state index is 0.452. The van der Waals surface area contributed by atoms with Gasteiger partial charge in [-0.1, -0.05) is 0 Å². The van der Waals surface area contributed by atoms with Crippen molar-refractivity contribution in [1.29, 1.82) is 0 Å². The van der Waals surface area contributed by atoms with Crippen LogP contribution in [0.25, 0.3) is 0 Å². The Kier molecular flexibility index (Phi) is 3.16. The third kappa shape index (κ3) is 2.26. The Balaban J connectivity index is 2.20. The lowest BCUT2D eigenvalue weighted by atomic mass is 10.0. The summed E-state index contributed by atoms with van der Waals surface area (Å²) in [6, 6.07) is 2.49. The van der Waals surface area contributed by atoms with Crippen LogP contribution in [0.5, 0.6) is 0 Å². The largest absolute Gasteiger partial charge is 0.352 e.